The third-order valence-corrected chi connectivity index (χ3v) is 4.10. The Labute approximate surface area is 109 Å². The number of nitrogens with zero attached hydrogens (tertiary/aromatic N) is 2. The molecule has 0 spiro atoms. The predicted octanol–water partition coefficient (Wildman–Crippen LogP) is 1.79. The van der Waals surface area contributed by atoms with Crippen LogP contribution < -0.4 is 5.32 Å². The fraction of sp³-hybridized carbons (Fsp3) is 0.786. The van der Waals surface area contributed by atoms with Crippen LogP contribution in [0.1, 0.15) is 50.5 Å². The number of hydrogen-bond acceptors (Lipinski definition) is 3. The van der Waals surface area contributed by atoms with Crippen molar-refractivity contribution >= 4 is 0 Å². The molecule has 2 N–H and O–H groups in total. The molecule has 4 heteroatoms. The smallest absolute Gasteiger partial charge is 0.0976 e. The van der Waals surface area contributed by atoms with E-state index in [9.17, 15) is 5.11 Å². The van der Waals surface area contributed by atoms with E-state index in [1.54, 1.807) is 4.68 Å². The van der Waals surface area contributed by atoms with E-state index < -0.39 is 6.10 Å². The molecule has 2 heterocycles. The quantitative estimate of drug-likeness (QED) is 0.858. The average Bonchev–Trinajstić information content (AvgIpc) is 2.79. The van der Waals surface area contributed by atoms with Crippen molar-refractivity contribution in [3.8, 4) is 0 Å². The number of piperidine rings is 1. The van der Waals surface area contributed by atoms with Crippen LogP contribution in [0.2, 0.25) is 0 Å². The first-order valence-corrected chi connectivity index (χ1v) is 7.09. The maximum Gasteiger partial charge on any atom is 0.0976 e. The minimum atomic E-state index is -0.428. The summed E-state index contributed by atoms with van der Waals surface area (Å²) in [4.78, 5) is 0. The van der Waals surface area contributed by atoms with Crippen molar-refractivity contribution in [1.82, 2.24) is 15.1 Å². The number of hydrogen-bond donors (Lipinski definition) is 2. The van der Waals surface area contributed by atoms with E-state index in [4.69, 9.17) is 0 Å². The van der Waals surface area contributed by atoms with Gasteiger partial charge in [0.1, 0.15) is 0 Å². The highest BCUT2D eigenvalue weighted by atomic mass is 16.3. The molecule has 1 aliphatic rings. The average molecular weight is 251 g/mol. The van der Waals surface area contributed by atoms with Crippen LogP contribution in [0, 0.1) is 5.92 Å². The van der Waals surface area contributed by atoms with Crippen molar-refractivity contribution in [2.24, 2.45) is 13.0 Å². The molecule has 0 saturated carbocycles. The molecule has 3 unspecified atom stereocenters. The molecule has 2 rings (SSSR count). The van der Waals surface area contributed by atoms with Gasteiger partial charge in [0.15, 0.2) is 0 Å². The van der Waals surface area contributed by atoms with E-state index in [0.717, 1.165) is 36.6 Å². The molecule has 102 valence electrons. The highest BCUT2D eigenvalue weighted by Gasteiger charge is 2.29. The Morgan fingerprint density at radius 1 is 1.56 bits per heavy atom. The molecule has 0 amide bonds. The Balaban J connectivity index is 2.12. The maximum atomic E-state index is 10.6. The van der Waals surface area contributed by atoms with Crippen LogP contribution in [0.15, 0.2) is 6.20 Å². The summed E-state index contributed by atoms with van der Waals surface area (Å²) in [6.45, 7) is 5.34. The van der Waals surface area contributed by atoms with Crippen LogP contribution in [0.4, 0.5) is 0 Å². The van der Waals surface area contributed by atoms with E-state index in [0.29, 0.717) is 0 Å². The Morgan fingerprint density at radius 2 is 2.33 bits per heavy atom. The van der Waals surface area contributed by atoms with Gasteiger partial charge in [-0.1, -0.05) is 20.3 Å². The topological polar surface area (TPSA) is 50.1 Å². The van der Waals surface area contributed by atoms with Gasteiger partial charge in [-0.2, -0.15) is 5.10 Å². The molecule has 1 saturated heterocycles. The Hall–Kier alpha value is -0.870. The first-order chi connectivity index (χ1) is 8.65. The van der Waals surface area contributed by atoms with Gasteiger partial charge in [-0.15, -0.1) is 0 Å². The van der Waals surface area contributed by atoms with Gasteiger partial charge in [0.2, 0.25) is 0 Å². The van der Waals surface area contributed by atoms with Gasteiger partial charge in [0.05, 0.1) is 11.8 Å². The van der Waals surface area contributed by atoms with E-state index in [1.807, 2.05) is 13.2 Å². The minimum Gasteiger partial charge on any atom is -0.387 e. The Morgan fingerprint density at radius 3 is 3.00 bits per heavy atom. The molecule has 1 aromatic rings. The fourth-order valence-electron chi connectivity index (χ4n) is 2.94. The molecule has 3 atom stereocenters. The summed E-state index contributed by atoms with van der Waals surface area (Å²) >= 11 is 0. The van der Waals surface area contributed by atoms with Gasteiger partial charge in [-0.05, 0) is 31.7 Å². The minimum absolute atomic E-state index is 0.179. The number of aliphatic hydroxyl groups excluding tert-OH is 1. The van der Waals surface area contributed by atoms with Crippen molar-refractivity contribution in [2.45, 2.75) is 51.7 Å². The lowest BCUT2D eigenvalue weighted by atomic mass is 9.86. The van der Waals surface area contributed by atoms with E-state index in [-0.39, 0.29) is 6.04 Å². The highest BCUT2D eigenvalue weighted by molar-refractivity contribution is 5.21. The predicted molar refractivity (Wildman–Crippen MR) is 72.4 cm³/mol. The van der Waals surface area contributed by atoms with Crippen molar-refractivity contribution in [1.29, 1.82) is 0 Å². The summed E-state index contributed by atoms with van der Waals surface area (Å²) < 4.78 is 1.80. The molecule has 0 aromatic carbocycles. The largest absolute Gasteiger partial charge is 0.387 e. The standard InChI is InChI=1S/C14H25N3O/c1-4-10-6-7-15-13(8-10)14(18)11-9-17(3)16-12(11)5-2/h9-10,13-15,18H,4-8H2,1-3H3. The molecule has 18 heavy (non-hydrogen) atoms. The molecule has 1 aromatic heterocycles. The molecular formula is C14H25N3O. The summed E-state index contributed by atoms with van der Waals surface area (Å²) in [7, 11) is 1.92. The Bertz CT molecular complexity index is 388. The number of nitrogens with one attached hydrogen (secondary N) is 1. The third-order valence-electron chi connectivity index (χ3n) is 4.10. The second-order valence-electron chi connectivity index (χ2n) is 5.36. The Kier molecular flexibility index (Phi) is 4.40. The molecule has 1 fully saturated rings. The summed E-state index contributed by atoms with van der Waals surface area (Å²) in [6, 6.07) is 0.179. The van der Waals surface area contributed by atoms with Gasteiger partial charge in [-0.25, -0.2) is 0 Å². The zero-order chi connectivity index (χ0) is 13.1. The van der Waals surface area contributed by atoms with Crippen LogP contribution >= 0.6 is 0 Å². The summed E-state index contributed by atoms with van der Waals surface area (Å²) in [5, 5.41) is 18.4. The normalized spacial score (nSPS) is 26.2. The van der Waals surface area contributed by atoms with E-state index in [1.165, 1.54) is 12.8 Å². The highest BCUT2D eigenvalue weighted by Crippen LogP contribution is 2.29. The fourth-order valence-corrected chi connectivity index (χ4v) is 2.94. The van der Waals surface area contributed by atoms with Gasteiger partial charge >= 0.3 is 0 Å². The van der Waals surface area contributed by atoms with Gasteiger partial charge < -0.3 is 10.4 Å². The van der Waals surface area contributed by atoms with Gasteiger partial charge in [0, 0.05) is 24.8 Å². The second kappa shape index (κ2) is 5.85. The molecule has 0 radical (unpaired) electrons. The van der Waals surface area contributed by atoms with Gasteiger partial charge in [-0.3, -0.25) is 4.68 Å². The number of rotatable bonds is 4. The lowest BCUT2D eigenvalue weighted by molar-refractivity contribution is 0.0971. The van der Waals surface area contributed by atoms with Crippen LogP contribution in [-0.2, 0) is 13.5 Å². The van der Waals surface area contributed by atoms with E-state index in [2.05, 4.69) is 24.3 Å². The van der Waals surface area contributed by atoms with Crippen molar-refractivity contribution < 1.29 is 5.11 Å². The van der Waals surface area contributed by atoms with Crippen LogP contribution in [0.25, 0.3) is 0 Å². The second-order valence-corrected chi connectivity index (χ2v) is 5.36. The van der Waals surface area contributed by atoms with Gasteiger partial charge in [0.25, 0.3) is 0 Å². The first-order valence-electron chi connectivity index (χ1n) is 7.09. The summed E-state index contributed by atoms with van der Waals surface area (Å²) in [5.41, 5.74) is 2.01. The molecule has 4 nitrogen and oxygen atoms in total. The zero-order valence-electron chi connectivity index (χ0n) is 11.7. The summed E-state index contributed by atoms with van der Waals surface area (Å²) in [6.07, 6.45) is 5.91. The zero-order valence-corrected chi connectivity index (χ0v) is 11.7. The lowest BCUT2D eigenvalue weighted by Gasteiger charge is -2.32. The maximum absolute atomic E-state index is 10.6. The molecule has 0 aliphatic carbocycles. The third kappa shape index (κ3) is 2.75. The van der Waals surface area contributed by atoms with Crippen molar-refractivity contribution in [3.63, 3.8) is 0 Å². The monoisotopic (exact) mass is 251 g/mol. The van der Waals surface area contributed by atoms with E-state index >= 15 is 0 Å². The van der Waals surface area contributed by atoms with Crippen LogP contribution in [-0.4, -0.2) is 27.5 Å². The summed E-state index contributed by atoms with van der Waals surface area (Å²) in [5.74, 6) is 0.743. The number of aromatic nitrogens is 2. The molecule has 1 aliphatic heterocycles. The van der Waals surface area contributed by atoms with Crippen LogP contribution in [0.5, 0.6) is 0 Å². The SMILES string of the molecule is CCc1nn(C)cc1C(O)C1CC(CC)CCN1. The number of aryl methyl sites for hydroxylation is 2. The molecular weight excluding hydrogens is 226 g/mol. The van der Waals surface area contributed by atoms with Crippen molar-refractivity contribution in [3.05, 3.63) is 17.5 Å². The number of aliphatic hydroxyl groups is 1. The first kappa shape index (κ1) is 13.6. The van der Waals surface area contributed by atoms with Crippen molar-refractivity contribution in [2.75, 3.05) is 6.54 Å². The van der Waals surface area contributed by atoms with Crippen LogP contribution in [0.3, 0.4) is 0 Å². The lowest BCUT2D eigenvalue weighted by Crippen LogP contribution is -2.42. The molecule has 0 bridgehead atoms.